The zero-order valence-electron chi connectivity index (χ0n) is 12.1. The van der Waals surface area contributed by atoms with E-state index in [0.717, 1.165) is 12.8 Å². The van der Waals surface area contributed by atoms with E-state index in [2.05, 4.69) is 30.7 Å². The molecule has 0 aliphatic carbocycles. The summed E-state index contributed by atoms with van der Waals surface area (Å²) >= 11 is 0. The SMILES string of the molecule is CC1CCCC(C)N1C(=O)c1ccncc1C#CCN. The number of aromatic nitrogens is 1. The molecule has 0 spiro atoms. The Labute approximate surface area is 120 Å². The number of carbonyl (C=O) groups is 1. The quantitative estimate of drug-likeness (QED) is 0.792. The van der Waals surface area contributed by atoms with Gasteiger partial charge in [-0.25, -0.2) is 0 Å². The maximum Gasteiger partial charge on any atom is 0.255 e. The Morgan fingerprint density at radius 3 is 2.80 bits per heavy atom. The van der Waals surface area contributed by atoms with Gasteiger partial charge in [-0.1, -0.05) is 11.8 Å². The highest BCUT2D eigenvalue weighted by molar-refractivity contribution is 5.97. The molecule has 1 saturated heterocycles. The van der Waals surface area contributed by atoms with Gasteiger partial charge in [0.1, 0.15) is 0 Å². The summed E-state index contributed by atoms with van der Waals surface area (Å²) in [7, 11) is 0. The molecule has 106 valence electrons. The number of carbonyl (C=O) groups excluding carboxylic acids is 1. The van der Waals surface area contributed by atoms with Gasteiger partial charge >= 0.3 is 0 Å². The number of hydrogen-bond acceptors (Lipinski definition) is 3. The van der Waals surface area contributed by atoms with Crippen LogP contribution in [0.2, 0.25) is 0 Å². The lowest BCUT2D eigenvalue weighted by atomic mass is 9.96. The van der Waals surface area contributed by atoms with Crippen LogP contribution in [0.5, 0.6) is 0 Å². The Morgan fingerprint density at radius 1 is 1.45 bits per heavy atom. The van der Waals surface area contributed by atoms with Crippen molar-refractivity contribution in [3.63, 3.8) is 0 Å². The minimum atomic E-state index is 0.0495. The van der Waals surface area contributed by atoms with Crippen molar-refractivity contribution in [1.82, 2.24) is 9.88 Å². The van der Waals surface area contributed by atoms with E-state index in [1.165, 1.54) is 6.42 Å². The number of likely N-dealkylation sites (tertiary alicyclic amines) is 1. The minimum Gasteiger partial charge on any atom is -0.333 e. The largest absolute Gasteiger partial charge is 0.333 e. The highest BCUT2D eigenvalue weighted by Gasteiger charge is 2.30. The molecule has 1 aromatic heterocycles. The average molecular weight is 271 g/mol. The number of nitrogens with zero attached hydrogens (tertiary/aromatic N) is 2. The van der Waals surface area contributed by atoms with Gasteiger partial charge in [-0.3, -0.25) is 9.78 Å². The van der Waals surface area contributed by atoms with Crippen LogP contribution < -0.4 is 5.73 Å². The monoisotopic (exact) mass is 271 g/mol. The molecule has 2 atom stereocenters. The number of amides is 1. The summed E-state index contributed by atoms with van der Waals surface area (Å²) in [5, 5.41) is 0. The van der Waals surface area contributed by atoms with E-state index < -0.39 is 0 Å². The molecule has 2 unspecified atom stereocenters. The van der Waals surface area contributed by atoms with Crippen molar-refractivity contribution in [2.45, 2.75) is 45.2 Å². The van der Waals surface area contributed by atoms with Crippen LogP contribution in [-0.2, 0) is 0 Å². The van der Waals surface area contributed by atoms with Crippen LogP contribution in [-0.4, -0.2) is 34.4 Å². The fourth-order valence-corrected chi connectivity index (χ4v) is 2.79. The lowest BCUT2D eigenvalue weighted by Gasteiger charge is -2.39. The lowest BCUT2D eigenvalue weighted by molar-refractivity contribution is 0.0510. The Bertz CT molecular complexity index is 534. The maximum absolute atomic E-state index is 12.8. The van der Waals surface area contributed by atoms with E-state index in [-0.39, 0.29) is 24.5 Å². The van der Waals surface area contributed by atoms with Crippen LogP contribution in [0.15, 0.2) is 18.5 Å². The molecule has 2 N–H and O–H groups in total. The summed E-state index contributed by atoms with van der Waals surface area (Å²) in [6.07, 6.45) is 6.58. The van der Waals surface area contributed by atoms with Crippen LogP contribution in [0.1, 0.15) is 49.0 Å². The fourth-order valence-electron chi connectivity index (χ4n) is 2.79. The second-order valence-electron chi connectivity index (χ2n) is 5.27. The number of rotatable bonds is 1. The number of hydrogen-bond donors (Lipinski definition) is 1. The van der Waals surface area contributed by atoms with Crippen molar-refractivity contribution < 1.29 is 4.79 Å². The normalized spacial score (nSPS) is 22.1. The van der Waals surface area contributed by atoms with Gasteiger partial charge in [0.25, 0.3) is 5.91 Å². The molecule has 4 nitrogen and oxygen atoms in total. The molecule has 1 aromatic rings. The predicted molar refractivity (Wildman–Crippen MR) is 79.1 cm³/mol. The molecule has 2 heterocycles. The predicted octanol–water partition coefficient (Wildman–Crippen LogP) is 1.79. The fraction of sp³-hybridized carbons (Fsp3) is 0.500. The van der Waals surface area contributed by atoms with E-state index in [1.54, 1.807) is 18.5 Å². The van der Waals surface area contributed by atoms with E-state index in [0.29, 0.717) is 11.1 Å². The van der Waals surface area contributed by atoms with Crippen molar-refractivity contribution in [2.75, 3.05) is 6.54 Å². The van der Waals surface area contributed by atoms with Crippen LogP contribution >= 0.6 is 0 Å². The van der Waals surface area contributed by atoms with E-state index in [4.69, 9.17) is 5.73 Å². The molecule has 1 aliphatic heterocycles. The highest BCUT2D eigenvalue weighted by atomic mass is 16.2. The Balaban J connectivity index is 2.33. The first-order valence-electron chi connectivity index (χ1n) is 7.10. The summed E-state index contributed by atoms with van der Waals surface area (Å²) in [6, 6.07) is 2.29. The standard InChI is InChI=1S/C16H21N3O/c1-12-5-3-6-13(2)19(12)16(20)15-8-10-18-11-14(15)7-4-9-17/h8,10-13H,3,5-6,9,17H2,1-2H3. The highest BCUT2D eigenvalue weighted by Crippen LogP contribution is 2.25. The first-order valence-corrected chi connectivity index (χ1v) is 7.10. The molecule has 4 heteroatoms. The number of pyridine rings is 1. The third kappa shape index (κ3) is 3.00. The molecule has 1 amide bonds. The molecular formula is C16H21N3O. The van der Waals surface area contributed by atoms with Crippen molar-refractivity contribution >= 4 is 5.91 Å². The summed E-state index contributed by atoms with van der Waals surface area (Å²) in [6.45, 7) is 4.50. The molecule has 0 aromatic carbocycles. The van der Waals surface area contributed by atoms with Crippen molar-refractivity contribution in [3.8, 4) is 11.8 Å². The number of nitrogens with two attached hydrogens (primary N) is 1. The zero-order valence-corrected chi connectivity index (χ0v) is 12.1. The third-order valence-electron chi connectivity index (χ3n) is 3.80. The van der Waals surface area contributed by atoms with Gasteiger partial charge < -0.3 is 10.6 Å². The minimum absolute atomic E-state index is 0.0495. The van der Waals surface area contributed by atoms with Gasteiger partial charge in [0.2, 0.25) is 0 Å². The first-order chi connectivity index (χ1) is 9.65. The average Bonchev–Trinajstić information content (AvgIpc) is 2.45. The Kier molecular flexibility index (Phi) is 4.75. The molecular weight excluding hydrogens is 250 g/mol. The molecule has 20 heavy (non-hydrogen) atoms. The van der Waals surface area contributed by atoms with E-state index >= 15 is 0 Å². The zero-order chi connectivity index (χ0) is 14.5. The topological polar surface area (TPSA) is 59.2 Å². The van der Waals surface area contributed by atoms with Gasteiger partial charge in [-0.05, 0) is 39.2 Å². The lowest BCUT2D eigenvalue weighted by Crippen LogP contribution is -2.47. The first kappa shape index (κ1) is 14.5. The summed E-state index contributed by atoms with van der Waals surface area (Å²) in [4.78, 5) is 18.8. The molecule has 2 rings (SSSR count). The van der Waals surface area contributed by atoms with Gasteiger partial charge in [0.15, 0.2) is 0 Å². The molecule has 0 bridgehead atoms. The van der Waals surface area contributed by atoms with E-state index in [1.807, 2.05) is 4.90 Å². The summed E-state index contributed by atoms with van der Waals surface area (Å²) < 4.78 is 0. The molecule has 1 fully saturated rings. The summed E-state index contributed by atoms with van der Waals surface area (Å²) in [5.41, 5.74) is 6.69. The Hall–Kier alpha value is -1.86. The smallest absolute Gasteiger partial charge is 0.255 e. The van der Waals surface area contributed by atoms with Crippen LogP contribution in [0, 0.1) is 11.8 Å². The molecule has 0 saturated carbocycles. The van der Waals surface area contributed by atoms with Gasteiger partial charge in [0, 0.05) is 24.5 Å². The van der Waals surface area contributed by atoms with Gasteiger partial charge in [-0.2, -0.15) is 0 Å². The second-order valence-corrected chi connectivity index (χ2v) is 5.27. The van der Waals surface area contributed by atoms with Crippen LogP contribution in [0.25, 0.3) is 0 Å². The Morgan fingerprint density at radius 2 is 2.15 bits per heavy atom. The van der Waals surface area contributed by atoms with Crippen LogP contribution in [0.4, 0.5) is 0 Å². The molecule has 0 radical (unpaired) electrons. The third-order valence-corrected chi connectivity index (χ3v) is 3.80. The van der Waals surface area contributed by atoms with Crippen molar-refractivity contribution in [3.05, 3.63) is 29.6 Å². The molecule has 1 aliphatic rings. The maximum atomic E-state index is 12.8. The van der Waals surface area contributed by atoms with E-state index in [9.17, 15) is 4.79 Å². The van der Waals surface area contributed by atoms with Crippen molar-refractivity contribution in [2.24, 2.45) is 5.73 Å². The summed E-state index contributed by atoms with van der Waals surface area (Å²) in [5.74, 6) is 5.78. The van der Waals surface area contributed by atoms with Crippen molar-refractivity contribution in [1.29, 1.82) is 0 Å². The van der Waals surface area contributed by atoms with Gasteiger partial charge in [-0.15, -0.1) is 0 Å². The van der Waals surface area contributed by atoms with Crippen LogP contribution in [0.3, 0.4) is 0 Å². The van der Waals surface area contributed by atoms with Gasteiger partial charge in [0.05, 0.1) is 17.7 Å². The second kappa shape index (κ2) is 6.53. The number of piperidine rings is 1.